The molecule has 2 aliphatic rings. The largest absolute Gasteiger partial charge is 0.369 e. The van der Waals surface area contributed by atoms with Crippen molar-refractivity contribution >= 4 is 5.69 Å². The van der Waals surface area contributed by atoms with Gasteiger partial charge < -0.3 is 4.90 Å². The third kappa shape index (κ3) is 4.63. The molecule has 4 aromatic carbocycles. The summed E-state index contributed by atoms with van der Waals surface area (Å²) in [4.78, 5) is 5.21. The van der Waals surface area contributed by atoms with Crippen LogP contribution in [0.4, 0.5) is 5.69 Å². The van der Waals surface area contributed by atoms with Gasteiger partial charge in [0.15, 0.2) is 0 Å². The number of hydrogen-bond acceptors (Lipinski definition) is 2. The van der Waals surface area contributed by atoms with Crippen LogP contribution in [0.2, 0.25) is 0 Å². The predicted molar refractivity (Wildman–Crippen MR) is 148 cm³/mol. The first-order valence-electron chi connectivity index (χ1n) is 13.2. The van der Waals surface area contributed by atoms with Crippen LogP contribution >= 0.6 is 0 Å². The third-order valence-electron chi connectivity index (χ3n) is 7.87. The average molecular weight is 459 g/mol. The van der Waals surface area contributed by atoms with E-state index in [4.69, 9.17) is 0 Å². The van der Waals surface area contributed by atoms with E-state index in [2.05, 4.69) is 113 Å². The number of piperazine rings is 1. The molecule has 2 heteroatoms. The van der Waals surface area contributed by atoms with Crippen molar-refractivity contribution in [1.29, 1.82) is 0 Å². The summed E-state index contributed by atoms with van der Waals surface area (Å²) in [6.07, 6.45) is 3.82. The minimum Gasteiger partial charge on any atom is -0.369 e. The number of benzene rings is 4. The second kappa shape index (κ2) is 10.1. The molecule has 176 valence electrons. The van der Waals surface area contributed by atoms with E-state index in [0.717, 1.165) is 26.2 Å². The highest BCUT2D eigenvalue weighted by molar-refractivity contribution is 5.78. The van der Waals surface area contributed by atoms with Crippen LogP contribution < -0.4 is 4.90 Å². The fraction of sp³-hybridized carbons (Fsp3) is 0.273. The second-order valence-electron chi connectivity index (χ2n) is 9.97. The Morgan fingerprint density at radius 1 is 0.571 bits per heavy atom. The number of hydrogen-bond donors (Lipinski definition) is 0. The first-order chi connectivity index (χ1) is 17.4. The molecule has 0 bridgehead atoms. The van der Waals surface area contributed by atoms with Gasteiger partial charge in [0, 0.05) is 37.8 Å². The van der Waals surface area contributed by atoms with Crippen LogP contribution in [0.25, 0.3) is 22.3 Å². The maximum Gasteiger partial charge on any atom is 0.0373 e. The molecule has 35 heavy (non-hydrogen) atoms. The molecular formula is C33H34N2. The van der Waals surface area contributed by atoms with Gasteiger partial charge in [-0.05, 0) is 64.9 Å². The fourth-order valence-corrected chi connectivity index (χ4v) is 6.00. The highest BCUT2D eigenvalue weighted by Gasteiger charge is 2.27. The van der Waals surface area contributed by atoms with Gasteiger partial charge in [-0.25, -0.2) is 0 Å². The number of fused-ring (bicyclic) bond motifs is 3. The lowest BCUT2D eigenvalue weighted by Gasteiger charge is -2.36. The van der Waals surface area contributed by atoms with Crippen molar-refractivity contribution in [3.8, 4) is 22.3 Å². The Morgan fingerprint density at radius 2 is 1.20 bits per heavy atom. The Kier molecular flexibility index (Phi) is 6.38. The van der Waals surface area contributed by atoms with E-state index in [1.807, 2.05) is 0 Å². The van der Waals surface area contributed by atoms with Crippen LogP contribution in [-0.4, -0.2) is 37.6 Å². The average Bonchev–Trinajstić information content (AvgIpc) is 3.26. The monoisotopic (exact) mass is 458 g/mol. The predicted octanol–water partition coefficient (Wildman–Crippen LogP) is 7.46. The van der Waals surface area contributed by atoms with Crippen molar-refractivity contribution < 1.29 is 0 Å². The summed E-state index contributed by atoms with van der Waals surface area (Å²) < 4.78 is 0. The summed E-state index contributed by atoms with van der Waals surface area (Å²) in [6.45, 7) is 5.76. The molecule has 4 aromatic rings. The molecule has 1 fully saturated rings. The van der Waals surface area contributed by atoms with E-state index in [1.165, 1.54) is 64.9 Å². The van der Waals surface area contributed by atoms with Gasteiger partial charge >= 0.3 is 0 Å². The van der Waals surface area contributed by atoms with Gasteiger partial charge in [-0.1, -0.05) is 97.4 Å². The van der Waals surface area contributed by atoms with Crippen LogP contribution in [0, 0.1) is 0 Å². The quantitative estimate of drug-likeness (QED) is 0.265. The lowest BCUT2D eigenvalue weighted by atomic mass is 9.91. The summed E-state index contributed by atoms with van der Waals surface area (Å²) in [5, 5.41) is 0. The minimum absolute atomic E-state index is 0.566. The van der Waals surface area contributed by atoms with Gasteiger partial charge in [0.05, 0.1) is 0 Å². The smallest absolute Gasteiger partial charge is 0.0373 e. The zero-order valence-electron chi connectivity index (χ0n) is 20.4. The van der Waals surface area contributed by atoms with Crippen molar-refractivity contribution in [3.63, 3.8) is 0 Å². The standard InChI is InChI=1S/C33H34N2/c1-2-11-26(12-3-1)27-13-10-14-28(25-27)35-23-21-34(22-24-35)20-9-8-19-33-31-17-6-4-15-29(31)30-16-5-7-18-32(30)33/h1-7,10-18,25,33H,8-9,19-24H2. The highest BCUT2D eigenvalue weighted by Crippen LogP contribution is 2.46. The molecule has 0 atom stereocenters. The van der Waals surface area contributed by atoms with Crippen molar-refractivity contribution in [2.45, 2.75) is 25.2 Å². The zero-order valence-corrected chi connectivity index (χ0v) is 20.4. The molecule has 0 amide bonds. The maximum absolute atomic E-state index is 2.66. The Balaban J connectivity index is 1.00. The lowest BCUT2D eigenvalue weighted by Crippen LogP contribution is -2.46. The zero-order chi connectivity index (χ0) is 23.5. The van der Waals surface area contributed by atoms with Gasteiger partial charge in [-0.2, -0.15) is 0 Å². The van der Waals surface area contributed by atoms with Gasteiger partial charge in [0.1, 0.15) is 0 Å². The first kappa shape index (κ1) is 22.1. The lowest BCUT2D eigenvalue weighted by molar-refractivity contribution is 0.252. The SMILES string of the molecule is c1ccc(-c2cccc(N3CCN(CCCCC4c5ccccc5-c5ccccc54)CC3)c2)cc1. The van der Waals surface area contributed by atoms with E-state index in [1.54, 1.807) is 0 Å². The second-order valence-corrected chi connectivity index (χ2v) is 9.97. The molecule has 0 N–H and O–H groups in total. The molecular weight excluding hydrogens is 424 g/mol. The minimum atomic E-state index is 0.566. The highest BCUT2D eigenvalue weighted by atomic mass is 15.3. The number of unbranched alkanes of at least 4 members (excludes halogenated alkanes) is 1. The van der Waals surface area contributed by atoms with Crippen LogP contribution in [0.15, 0.2) is 103 Å². The normalized spacial score (nSPS) is 15.7. The van der Waals surface area contributed by atoms with Crippen LogP contribution in [0.1, 0.15) is 36.3 Å². The van der Waals surface area contributed by atoms with Crippen LogP contribution in [0.5, 0.6) is 0 Å². The molecule has 0 saturated carbocycles. The van der Waals surface area contributed by atoms with E-state index in [0.29, 0.717) is 5.92 Å². The van der Waals surface area contributed by atoms with E-state index < -0.39 is 0 Å². The first-order valence-corrected chi connectivity index (χ1v) is 13.2. The molecule has 1 aliphatic carbocycles. The number of rotatable bonds is 7. The number of nitrogens with zero attached hydrogens (tertiary/aromatic N) is 2. The van der Waals surface area contributed by atoms with Crippen molar-refractivity contribution in [3.05, 3.63) is 114 Å². The fourth-order valence-electron chi connectivity index (χ4n) is 6.00. The summed E-state index contributed by atoms with van der Waals surface area (Å²) in [5.74, 6) is 0.566. The van der Waals surface area contributed by atoms with E-state index >= 15 is 0 Å². The molecule has 0 radical (unpaired) electrons. The Bertz CT molecular complexity index is 1230. The summed E-state index contributed by atoms with van der Waals surface area (Å²) in [7, 11) is 0. The molecule has 1 saturated heterocycles. The van der Waals surface area contributed by atoms with Crippen molar-refractivity contribution in [2.24, 2.45) is 0 Å². The van der Waals surface area contributed by atoms with Gasteiger partial charge in [0.2, 0.25) is 0 Å². The molecule has 6 rings (SSSR count). The van der Waals surface area contributed by atoms with E-state index in [-0.39, 0.29) is 0 Å². The Morgan fingerprint density at radius 3 is 1.91 bits per heavy atom. The molecule has 2 nitrogen and oxygen atoms in total. The summed E-state index contributed by atoms with van der Waals surface area (Å²) in [6, 6.07) is 37.8. The van der Waals surface area contributed by atoms with Gasteiger partial charge in [0.25, 0.3) is 0 Å². The van der Waals surface area contributed by atoms with Gasteiger partial charge in [-0.15, -0.1) is 0 Å². The van der Waals surface area contributed by atoms with E-state index in [9.17, 15) is 0 Å². The van der Waals surface area contributed by atoms with Crippen molar-refractivity contribution in [2.75, 3.05) is 37.6 Å². The molecule has 1 heterocycles. The third-order valence-corrected chi connectivity index (χ3v) is 7.87. The molecule has 1 aliphatic heterocycles. The topological polar surface area (TPSA) is 6.48 Å². The van der Waals surface area contributed by atoms with Gasteiger partial charge in [-0.3, -0.25) is 4.90 Å². The number of anilines is 1. The summed E-state index contributed by atoms with van der Waals surface area (Å²) >= 11 is 0. The molecule has 0 unspecified atom stereocenters. The van der Waals surface area contributed by atoms with Crippen molar-refractivity contribution in [1.82, 2.24) is 4.90 Å². The Labute approximate surface area is 209 Å². The Hall–Kier alpha value is -3.36. The molecule has 0 spiro atoms. The van der Waals surface area contributed by atoms with Crippen LogP contribution in [0.3, 0.4) is 0 Å². The summed E-state index contributed by atoms with van der Waals surface area (Å²) in [5.41, 5.74) is 9.90. The maximum atomic E-state index is 2.66. The van der Waals surface area contributed by atoms with Crippen LogP contribution in [-0.2, 0) is 0 Å². The molecule has 0 aromatic heterocycles.